The Labute approximate surface area is 65.8 Å². The molecular formula is C6H13N5. The molecule has 11 heavy (non-hydrogen) atoms. The van der Waals surface area contributed by atoms with Gasteiger partial charge >= 0.3 is 0 Å². The fraction of sp³-hybridized carbons (Fsp3) is 0.500. The van der Waals surface area contributed by atoms with Gasteiger partial charge in [0.25, 0.3) is 0 Å². The SMILES string of the molecule is C=NC(C(N)N)C(N)C#CN. The summed E-state index contributed by atoms with van der Waals surface area (Å²) in [5.41, 5.74) is 21.1. The third-order valence-corrected chi connectivity index (χ3v) is 1.22. The molecule has 5 nitrogen and oxygen atoms in total. The van der Waals surface area contributed by atoms with Crippen molar-refractivity contribution in [3.05, 3.63) is 0 Å². The Hall–Kier alpha value is -1.09. The lowest BCUT2D eigenvalue weighted by atomic mass is 10.1. The van der Waals surface area contributed by atoms with Crippen molar-refractivity contribution in [3.8, 4) is 12.0 Å². The highest BCUT2D eigenvalue weighted by molar-refractivity contribution is 5.26. The van der Waals surface area contributed by atoms with Crippen LogP contribution in [0.5, 0.6) is 0 Å². The van der Waals surface area contributed by atoms with Crippen LogP contribution in [0.25, 0.3) is 0 Å². The maximum atomic E-state index is 5.49. The normalized spacial score (nSPS) is 14.9. The van der Waals surface area contributed by atoms with E-state index >= 15 is 0 Å². The molecule has 0 saturated carbocycles. The lowest BCUT2D eigenvalue weighted by molar-refractivity contribution is 0.510. The second-order valence-corrected chi connectivity index (χ2v) is 2.06. The zero-order valence-corrected chi connectivity index (χ0v) is 6.20. The van der Waals surface area contributed by atoms with Crippen molar-refractivity contribution in [1.82, 2.24) is 0 Å². The second-order valence-electron chi connectivity index (χ2n) is 2.06. The van der Waals surface area contributed by atoms with E-state index in [1.165, 1.54) is 0 Å². The number of rotatable bonds is 3. The summed E-state index contributed by atoms with van der Waals surface area (Å²) in [4.78, 5) is 3.62. The lowest BCUT2D eigenvalue weighted by Gasteiger charge is -2.17. The summed E-state index contributed by atoms with van der Waals surface area (Å²) in [5.74, 6) is 2.49. The highest BCUT2D eigenvalue weighted by atomic mass is 15.0. The maximum Gasteiger partial charge on any atom is 0.104 e. The number of nitrogens with zero attached hydrogens (tertiary/aromatic N) is 1. The van der Waals surface area contributed by atoms with Crippen LogP contribution in [0.15, 0.2) is 4.99 Å². The minimum Gasteiger partial charge on any atom is -0.359 e. The van der Waals surface area contributed by atoms with Gasteiger partial charge in [-0.1, -0.05) is 5.92 Å². The highest BCUT2D eigenvalue weighted by Gasteiger charge is 2.18. The van der Waals surface area contributed by atoms with Crippen molar-refractivity contribution in [2.45, 2.75) is 18.2 Å². The van der Waals surface area contributed by atoms with Gasteiger partial charge in [-0.2, -0.15) is 0 Å². The van der Waals surface area contributed by atoms with Gasteiger partial charge in [0.05, 0.1) is 12.2 Å². The first-order valence-corrected chi connectivity index (χ1v) is 3.07. The molecule has 0 fully saturated rings. The standard InChI is InChI=1S/C6H13N5/c1-11-5(6(9)10)4(8)2-3-7/h4-6H,1,7-10H2. The van der Waals surface area contributed by atoms with Gasteiger partial charge in [0, 0.05) is 6.04 Å². The van der Waals surface area contributed by atoms with Crippen molar-refractivity contribution >= 4 is 6.72 Å². The molecule has 0 aliphatic heterocycles. The van der Waals surface area contributed by atoms with Crippen LogP contribution in [0.3, 0.4) is 0 Å². The average molecular weight is 155 g/mol. The van der Waals surface area contributed by atoms with Gasteiger partial charge in [-0.25, -0.2) is 0 Å². The first kappa shape index (κ1) is 9.91. The molecule has 62 valence electrons. The van der Waals surface area contributed by atoms with E-state index in [0.717, 1.165) is 0 Å². The summed E-state index contributed by atoms with van der Waals surface area (Å²) < 4.78 is 0. The van der Waals surface area contributed by atoms with Crippen LogP contribution in [0, 0.1) is 12.0 Å². The quantitative estimate of drug-likeness (QED) is 0.156. The van der Waals surface area contributed by atoms with Crippen LogP contribution in [0.1, 0.15) is 0 Å². The van der Waals surface area contributed by atoms with Gasteiger partial charge in [-0.05, 0) is 6.72 Å². The van der Waals surface area contributed by atoms with Gasteiger partial charge in [0.1, 0.15) is 6.04 Å². The van der Waals surface area contributed by atoms with E-state index in [0.29, 0.717) is 0 Å². The predicted octanol–water partition coefficient (Wildman–Crippen LogP) is -2.45. The summed E-state index contributed by atoms with van der Waals surface area (Å²) in [6.45, 7) is 3.29. The molecule has 0 saturated heterocycles. The van der Waals surface area contributed by atoms with E-state index in [4.69, 9.17) is 22.9 Å². The third-order valence-electron chi connectivity index (χ3n) is 1.22. The van der Waals surface area contributed by atoms with Gasteiger partial charge < -0.3 is 22.9 Å². The fourth-order valence-electron chi connectivity index (χ4n) is 0.656. The molecule has 0 aromatic carbocycles. The van der Waals surface area contributed by atoms with Crippen molar-refractivity contribution < 1.29 is 0 Å². The highest BCUT2D eigenvalue weighted by Crippen LogP contribution is 1.95. The van der Waals surface area contributed by atoms with Crippen LogP contribution >= 0.6 is 0 Å². The number of hydrogen-bond donors (Lipinski definition) is 4. The van der Waals surface area contributed by atoms with E-state index in [1.54, 1.807) is 0 Å². The van der Waals surface area contributed by atoms with Crippen molar-refractivity contribution in [2.75, 3.05) is 0 Å². The first-order chi connectivity index (χ1) is 5.13. The summed E-state index contributed by atoms with van der Waals surface area (Å²) in [6, 6.07) is 1.15. The Morgan fingerprint density at radius 1 is 1.27 bits per heavy atom. The van der Waals surface area contributed by atoms with Crippen molar-refractivity contribution in [1.29, 1.82) is 0 Å². The molecule has 0 radical (unpaired) electrons. The molecule has 2 unspecified atom stereocenters. The summed E-state index contributed by atoms with van der Waals surface area (Å²) in [6.07, 6.45) is -0.650. The third kappa shape index (κ3) is 3.00. The van der Waals surface area contributed by atoms with Gasteiger partial charge in [0.2, 0.25) is 0 Å². The Morgan fingerprint density at radius 3 is 2.09 bits per heavy atom. The van der Waals surface area contributed by atoms with Crippen molar-refractivity contribution in [3.63, 3.8) is 0 Å². The number of aliphatic imine (C=N–C) groups is 1. The minimum atomic E-state index is -0.650. The first-order valence-electron chi connectivity index (χ1n) is 3.07. The van der Waals surface area contributed by atoms with Crippen LogP contribution < -0.4 is 22.9 Å². The van der Waals surface area contributed by atoms with Crippen molar-refractivity contribution in [2.24, 2.45) is 27.9 Å². The summed E-state index contributed by atoms with van der Waals surface area (Å²) in [7, 11) is 0. The molecular weight excluding hydrogens is 142 g/mol. The maximum absolute atomic E-state index is 5.49. The monoisotopic (exact) mass is 155 g/mol. The molecule has 0 spiro atoms. The van der Waals surface area contributed by atoms with Crippen LogP contribution in [0.4, 0.5) is 0 Å². The summed E-state index contributed by atoms with van der Waals surface area (Å²) in [5, 5.41) is 0. The van der Waals surface area contributed by atoms with Crippen LogP contribution in [0.2, 0.25) is 0 Å². The number of nitrogens with two attached hydrogens (primary N) is 4. The Kier molecular flexibility index (Phi) is 4.22. The zero-order valence-electron chi connectivity index (χ0n) is 6.20. The molecule has 0 amide bonds. The molecule has 5 heteroatoms. The molecule has 0 rings (SSSR count). The molecule has 0 aliphatic rings. The van der Waals surface area contributed by atoms with Crippen LogP contribution in [-0.2, 0) is 0 Å². The van der Waals surface area contributed by atoms with E-state index in [1.807, 2.05) is 0 Å². The largest absolute Gasteiger partial charge is 0.359 e. The lowest BCUT2D eigenvalue weighted by Crippen LogP contribution is -2.50. The topological polar surface area (TPSA) is 116 Å². The zero-order chi connectivity index (χ0) is 8.85. The smallest absolute Gasteiger partial charge is 0.104 e. The molecule has 0 aromatic rings. The molecule has 0 aromatic heterocycles. The van der Waals surface area contributed by atoms with E-state index in [9.17, 15) is 0 Å². The van der Waals surface area contributed by atoms with Gasteiger partial charge in [-0.3, -0.25) is 4.99 Å². The van der Waals surface area contributed by atoms with E-state index in [-0.39, 0.29) is 0 Å². The Balaban J connectivity index is 4.21. The molecule has 8 N–H and O–H groups in total. The fourth-order valence-corrected chi connectivity index (χ4v) is 0.656. The Morgan fingerprint density at radius 2 is 1.82 bits per heavy atom. The van der Waals surface area contributed by atoms with Gasteiger partial charge in [-0.15, -0.1) is 0 Å². The van der Waals surface area contributed by atoms with Gasteiger partial charge in [0.15, 0.2) is 0 Å². The molecule has 0 heterocycles. The minimum absolute atomic E-state index is 0.467. The van der Waals surface area contributed by atoms with Crippen LogP contribution in [-0.4, -0.2) is 25.0 Å². The predicted molar refractivity (Wildman–Crippen MR) is 45.4 cm³/mol. The number of hydrogen-bond acceptors (Lipinski definition) is 5. The average Bonchev–Trinajstić information content (AvgIpc) is 1.88. The molecule has 0 bridgehead atoms. The van der Waals surface area contributed by atoms with E-state index in [2.05, 4.69) is 23.7 Å². The molecule has 2 atom stereocenters. The Bertz CT molecular complexity index is 177. The van der Waals surface area contributed by atoms with E-state index < -0.39 is 18.2 Å². The molecule has 0 aliphatic carbocycles. The second kappa shape index (κ2) is 4.68. The summed E-state index contributed by atoms with van der Waals surface area (Å²) >= 11 is 0.